The van der Waals surface area contributed by atoms with Crippen LogP contribution in [0.4, 0.5) is 5.82 Å². The second-order valence-electron chi connectivity index (χ2n) is 9.65. The molecule has 2 aliphatic carbocycles. The van der Waals surface area contributed by atoms with E-state index in [9.17, 15) is 0 Å². The van der Waals surface area contributed by atoms with Gasteiger partial charge in [-0.1, -0.05) is 0 Å². The summed E-state index contributed by atoms with van der Waals surface area (Å²) in [5.74, 6) is 1.58. The summed E-state index contributed by atoms with van der Waals surface area (Å²) < 4.78 is 6.42. The molecule has 2 saturated heterocycles. The third-order valence-corrected chi connectivity index (χ3v) is 7.23. The Kier molecular flexibility index (Phi) is 4.82. The van der Waals surface area contributed by atoms with Crippen molar-refractivity contribution in [2.75, 3.05) is 31.6 Å². The molecule has 1 aromatic rings. The van der Waals surface area contributed by atoms with Crippen LogP contribution in [0.1, 0.15) is 57.7 Å². The largest absolute Gasteiger partial charge is 0.372 e. The molecule has 28 heavy (non-hydrogen) atoms. The molecule has 2 N–H and O–H groups in total. The van der Waals surface area contributed by atoms with Crippen LogP contribution in [-0.2, 0) is 4.74 Å². The molecular weight excluding hydrogens is 352 g/mol. The number of ether oxygens (including phenoxy) is 1. The number of likely N-dealkylation sites (N-methyl/N-ethyl adjacent to an activating group) is 1. The Labute approximate surface area is 168 Å². The first-order valence-corrected chi connectivity index (χ1v) is 11.0. The Bertz CT molecular complexity index is 710. The molecule has 154 valence electrons. The molecule has 0 amide bonds. The predicted octanol–water partition coefficient (Wildman–Crippen LogP) is 1.87. The minimum atomic E-state index is 0.159. The van der Waals surface area contributed by atoms with Gasteiger partial charge in [0.25, 0.3) is 0 Å². The minimum Gasteiger partial charge on any atom is -0.372 e. The second kappa shape index (κ2) is 7.20. The fourth-order valence-corrected chi connectivity index (χ4v) is 5.28. The zero-order chi connectivity index (χ0) is 19.3. The van der Waals surface area contributed by atoms with Gasteiger partial charge in [-0.15, -0.1) is 0 Å². The van der Waals surface area contributed by atoms with E-state index in [0.29, 0.717) is 24.1 Å². The molecule has 4 fully saturated rings. The molecule has 3 heterocycles. The van der Waals surface area contributed by atoms with Crippen LogP contribution in [0.25, 0.3) is 0 Å². The second-order valence-corrected chi connectivity index (χ2v) is 9.65. The van der Waals surface area contributed by atoms with Gasteiger partial charge in [-0.2, -0.15) is 0 Å². The van der Waals surface area contributed by atoms with E-state index in [-0.39, 0.29) is 11.6 Å². The van der Waals surface area contributed by atoms with E-state index in [0.717, 1.165) is 44.0 Å². The molecule has 0 bridgehead atoms. The summed E-state index contributed by atoms with van der Waals surface area (Å²) in [6, 6.07) is 3.41. The monoisotopic (exact) mass is 386 g/mol. The van der Waals surface area contributed by atoms with Crippen molar-refractivity contribution in [3.8, 4) is 0 Å². The van der Waals surface area contributed by atoms with Crippen molar-refractivity contribution < 1.29 is 4.74 Å². The molecule has 5 unspecified atom stereocenters. The summed E-state index contributed by atoms with van der Waals surface area (Å²) >= 11 is 0. The molecule has 7 nitrogen and oxygen atoms in total. The summed E-state index contributed by atoms with van der Waals surface area (Å²) in [7, 11) is 2.19. The van der Waals surface area contributed by atoms with Crippen LogP contribution in [0, 0.1) is 5.92 Å². The normalized spacial score (nSPS) is 37.7. The fraction of sp³-hybridized carbons (Fsp3) is 0.810. The van der Waals surface area contributed by atoms with E-state index < -0.39 is 0 Å². The Morgan fingerprint density at radius 3 is 2.82 bits per heavy atom. The Morgan fingerprint density at radius 2 is 2.04 bits per heavy atom. The van der Waals surface area contributed by atoms with Crippen molar-refractivity contribution in [2.24, 2.45) is 5.92 Å². The number of hydrogen-bond donors (Lipinski definition) is 2. The first-order chi connectivity index (χ1) is 13.5. The third-order valence-electron chi connectivity index (χ3n) is 7.23. The highest BCUT2D eigenvalue weighted by Gasteiger charge is 2.46. The summed E-state index contributed by atoms with van der Waals surface area (Å²) in [6.45, 7) is 7.71. The van der Waals surface area contributed by atoms with E-state index >= 15 is 0 Å². The SMILES string of the molecule is CC1CN(C)CCN1c1cc(C2NNC3CCC(OC4(C)CC4)CC32)ncn1. The first-order valence-electron chi connectivity index (χ1n) is 11.0. The quantitative estimate of drug-likeness (QED) is 0.819. The number of piperazine rings is 1. The number of nitrogens with zero attached hydrogens (tertiary/aromatic N) is 4. The average molecular weight is 387 g/mol. The number of hydrogen-bond acceptors (Lipinski definition) is 7. The Hall–Kier alpha value is -1.28. The zero-order valence-corrected chi connectivity index (χ0v) is 17.4. The van der Waals surface area contributed by atoms with Crippen LogP contribution >= 0.6 is 0 Å². The van der Waals surface area contributed by atoms with Crippen molar-refractivity contribution in [1.29, 1.82) is 0 Å². The molecular formula is C21H34N6O. The van der Waals surface area contributed by atoms with Crippen LogP contribution in [0.15, 0.2) is 12.4 Å². The number of rotatable bonds is 4. The highest BCUT2D eigenvalue weighted by atomic mass is 16.5. The number of fused-ring (bicyclic) bond motifs is 1. The molecule has 5 atom stereocenters. The Balaban J connectivity index is 1.31. The van der Waals surface area contributed by atoms with Gasteiger partial charge in [0.15, 0.2) is 0 Å². The van der Waals surface area contributed by atoms with Gasteiger partial charge in [0.2, 0.25) is 0 Å². The molecule has 7 heteroatoms. The van der Waals surface area contributed by atoms with Crippen molar-refractivity contribution >= 4 is 5.82 Å². The summed E-state index contributed by atoms with van der Waals surface area (Å²) in [5, 5.41) is 0. The average Bonchev–Trinajstić information content (AvgIpc) is 3.25. The summed E-state index contributed by atoms with van der Waals surface area (Å²) in [5.41, 5.74) is 8.34. The van der Waals surface area contributed by atoms with Crippen LogP contribution < -0.4 is 15.8 Å². The predicted molar refractivity (Wildman–Crippen MR) is 109 cm³/mol. The highest BCUT2D eigenvalue weighted by molar-refractivity contribution is 5.42. The van der Waals surface area contributed by atoms with E-state index in [2.05, 4.69) is 57.6 Å². The van der Waals surface area contributed by atoms with E-state index in [1.807, 2.05) is 0 Å². The van der Waals surface area contributed by atoms with Crippen LogP contribution in [-0.4, -0.2) is 65.3 Å². The summed E-state index contributed by atoms with van der Waals surface area (Å²) in [4.78, 5) is 14.1. The number of aromatic nitrogens is 2. The topological polar surface area (TPSA) is 65.5 Å². The van der Waals surface area contributed by atoms with E-state index in [4.69, 9.17) is 4.74 Å². The molecule has 0 aromatic carbocycles. The lowest BCUT2D eigenvalue weighted by Gasteiger charge is -2.39. The molecule has 2 saturated carbocycles. The maximum atomic E-state index is 6.42. The fourth-order valence-electron chi connectivity index (χ4n) is 5.28. The van der Waals surface area contributed by atoms with Gasteiger partial charge < -0.3 is 14.5 Å². The molecule has 0 spiro atoms. The van der Waals surface area contributed by atoms with Gasteiger partial charge in [0, 0.05) is 43.7 Å². The highest BCUT2D eigenvalue weighted by Crippen LogP contribution is 2.45. The van der Waals surface area contributed by atoms with Gasteiger partial charge in [0.05, 0.1) is 23.4 Å². The van der Waals surface area contributed by atoms with E-state index in [1.165, 1.54) is 19.3 Å². The van der Waals surface area contributed by atoms with Gasteiger partial charge in [-0.05, 0) is 53.0 Å². The molecule has 0 radical (unpaired) electrons. The van der Waals surface area contributed by atoms with Crippen LogP contribution in [0.2, 0.25) is 0 Å². The maximum absolute atomic E-state index is 6.42. The van der Waals surface area contributed by atoms with Crippen LogP contribution in [0.3, 0.4) is 0 Å². The lowest BCUT2D eigenvalue weighted by Crippen LogP contribution is -2.50. The van der Waals surface area contributed by atoms with E-state index in [1.54, 1.807) is 6.33 Å². The van der Waals surface area contributed by atoms with Gasteiger partial charge in [-0.3, -0.25) is 5.43 Å². The Morgan fingerprint density at radius 1 is 1.18 bits per heavy atom. The van der Waals surface area contributed by atoms with Crippen molar-refractivity contribution in [3.05, 3.63) is 18.1 Å². The standard InChI is InChI=1S/C21H34N6O/c1-14-12-26(3)8-9-27(14)19-11-18(22-13-23-19)20-16-10-15(28-21(2)6-7-21)4-5-17(16)24-25-20/h11,13-17,20,24-25H,4-10,12H2,1-3H3. The molecule has 4 aliphatic rings. The smallest absolute Gasteiger partial charge is 0.132 e. The summed E-state index contributed by atoms with van der Waals surface area (Å²) in [6.07, 6.45) is 8.00. The lowest BCUT2D eigenvalue weighted by atomic mass is 9.79. The molecule has 2 aliphatic heterocycles. The lowest BCUT2D eigenvalue weighted by molar-refractivity contribution is -0.0500. The number of nitrogens with one attached hydrogen (secondary N) is 2. The van der Waals surface area contributed by atoms with Crippen molar-refractivity contribution in [1.82, 2.24) is 25.7 Å². The third kappa shape index (κ3) is 3.65. The zero-order valence-electron chi connectivity index (χ0n) is 17.4. The van der Waals surface area contributed by atoms with Gasteiger partial charge in [-0.25, -0.2) is 15.4 Å². The van der Waals surface area contributed by atoms with Crippen LogP contribution in [0.5, 0.6) is 0 Å². The van der Waals surface area contributed by atoms with Crippen molar-refractivity contribution in [3.63, 3.8) is 0 Å². The first kappa shape index (κ1) is 18.7. The van der Waals surface area contributed by atoms with Gasteiger partial charge in [0.1, 0.15) is 12.1 Å². The van der Waals surface area contributed by atoms with Crippen molar-refractivity contribution in [2.45, 2.75) is 75.8 Å². The minimum absolute atomic E-state index is 0.159. The molecule has 1 aromatic heterocycles. The molecule has 5 rings (SSSR count). The maximum Gasteiger partial charge on any atom is 0.132 e. The number of anilines is 1. The van der Waals surface area contributed by atoms with Gasteiger partial charge >= 0.3 is 0 Å². The number of hydrazine groups is 1.